The van der Waals surface area contributed by atoms with E-state index in [-0.39, 0.29) is 11.1 Å². The highest BCUT2D eigenvalue weighted by molar-refractivity contribution is 6.36. The first-order valence-electron chi connectivity index (χ1n) is 11.3. The van der Waals surface area contributed by atoms with Crippen LogP contribution in [0.15, 0.2) is 108 Å². The van der Waals surface area contributed by atoms with Crippen molar-refractivity contribution >= 4 is 28.9 Å². The molecular weight excluding hydrogens is 436 g/mol. The molecule has 2 aliphatic heterocycles. The first kappa shape index (κ1) is 22.2. The van der Waals surface area contributed by atoms with Crippen molar-refractivity contribution in [1.29, 1.82) is 5.26 Å². The van der Waals surface area contributed by atoms with Gasteiger partial charge in [-0.15, -0.1) is 0 Å². The number of allylic oxidation sites excluding steroid dienone is 3. The zero-order valence-electron chi connectivity index (χ0n) is 19.8. The minimum Gasteiger partial charge on any atom is -0.347 e. The van der Waals surface area contributed by atoms with Crippen molar-refractivity contribution in [2.24, 2.45) is 0 Å². The Morgan fingerprint density at radius 2 is 1.29 bits per heavy atom. The number of carbonyl (C=O) groups excluding carboxylic acids is 2. The van der Waals surface area contributed by atoms with Crippen molar-refractivity contribution in [3.63, 3.8) is 0 Å². The fourth-order valence-corrected chi connectivity index (χ4v) is 4.88. The van der Waals surface area contributed by atoms with Gasteiger partial charge in [0.1, 0.15) is 11.6 Å². The van der Waals surface area contributed by atoms with Gasteiger partial charge >= 0.3 is 0 Å². The van der Waals surface area contributed by atoms with Gasteiger partial charge in [0, 0.05) is 23.8 Å². The van der Waals surface area contributed by atoms with Crippen LogP contribution in [0.3, 0.4) is 0 Å². The lowest BCUT2D eigenvalue weighted by molar-refractivity contribution is -0.116. The van der Waals surface area contributed by atoms with Crippen LogP contribution in [0.1, 0.15) is 19.4 Å². The van der Waals surface area contributed by atoms with Crippen LogP contribution in [-0.2, 0) is 15.0 Å². The Hall–Kier alpha value is -4.63. The number of nitriles is 1. The van der Waals surface area contributed by atoms with Crippen LogP contribution in [0, 0.1) is 11.3 Å². The van der Waals surface area contributed by atoms with E-state index in [0.717, 1.165) is 16.9 Å². The lowest BCUT2D eigenvalue weighted by Crippen LogP contribution is -2.41. The number of hydrazine groups is 1. The van der Waals surface area contributed by atoms with Gasteiger partial charge in [-0.25, -0.2) is 10.0 Å². The second-order valence-corrected chi connectivity index (χ2v) is 9.04. The Morgan fingerprint density at radius 3 is 1.77 bits per heavy atom. The van der Waals surface area contributed by atoms with Gasteiger partial charge in [0.05, 0.1) is 16.9 Å². The molecule has 2 amide bonds. The van der Waals surface area contributed by atoms with Crippen LogP contribution in [0.4, 0.5) is 17.1 Å². The van der Waals surface area contributed by atoms with E-state index in [4.69, 9.17) is 0 Å². The number of anilines is 3. The molecule has 6 nitrogen and oxygen atoms in total. The molecule has 0 unspecified atom stereocenters. The average molecular weight is 461 g/mol. The maximum Gasteiger partial charge on any atom is 0.284 e. The van der Waals surface area contributed by atoms with E-state index in [2.05, 4.69) is 26.0 Å². The van der Waals surface area contributed by atoms with Crippen molar-refractivity contribution < 1.29 is 9.59 Å². The molecule has 2 aliphatic rings. The average Bonchev–Trinajstić information content (AvgIpc) is 3.25. The lowest BCUT2D eigenvalue weighted by Gasteiger charge is -2.27. The number of amides is 2. The van der Waals surface area contributed by atoms with E-state index < -0.39 is 17.2 Å². The zero-order chi connectivity index (χ0) is 24.7. The van der Waals surface area contributed by atoms with Gasteiger partial charge in [-0.2, -0.15) is 5.26 Å². The van der Waals surface area contributed by atoms with Crippen molar-refractivity contribution in [3.8, 4) is 6.07 Å². The normalized spacial score (nSPS) is 17.7. The molecule has 0 aromatic heterocycles. The molecule has 35 heavy (non-hydrogen) atoms. The third-order valence-corrected chi connectivity index (χ3v) is 6.63. The summed E-state index contributed by atoms with van der Waals surface area (Å²) in [5.74, 6) is -1.07. The summed E-state index contributed by atoms with van der Waals surface area (Å²) >= 11 is 0. The molecule has 0 aliphatic carbocycles. The molecule has 1 fully saturated rings. The third-order valence-electron chi connectivity index (χ3n) is 6.63. The Labute approximate surface area is 204 Å². The summed E-state index contributed by atoms with van der Waals surface area (Å²) < 4.78 is 0. The van der Waals surface area contributed by atoms with Crippen molar-refractivity contribution in [2.45, 2.75) is 19.3 Å². The minimum atomic E-state index is -0.533. The van der Waals surface area contributed by atoms with Gasteiger partial charge in [-0.1, -0.05) is 68.4 Å². The number of para-hydroxylation sites is 3. The van der Waals surface area contributed by atoms with E-state index in [1.54, 1.807) is 54.6 Å². The monoisotopic (exact) mass is 460 g/mol. The van der Waals surface area contributed by atoms with E-state index >= 15 is 0 Å². The number of rotatable bonds is 3. The molecule has 3 aromatic rings. The SMILES string of the molecule is CN1/C(=C\C(C#N)=C2C(=O)N(c3ccccc3)N(c3ccccc3)C2=O)C(C)(C)c2ccccc21. The summed E-state index contributed by atoms with van der Waals surface area (Å²) in [5, 5.41) is 12.8. The summed E-state index contributed by atoms with van der Waals surface area (Å²) in [6.45, 7) is 4.15. The molecule has 0 N–H and O–H groups in total. The summed E-state index contributed by atoms with van der Waals surface area (Å²) in [5.41, 5.74) is 3.57. The number of hydrogen-bond donors (Lipinski definition) is 0. The Kier molecular flexibility index (Phi) is 5.26. The van der Waals surface area contributed by atoms with Crippen LogP contribution in [-0.4, -0.2) is 18.9 Å². The van der Waals surface area contributed by atoms with Gasteiger partial charge in [0.15, 0.2) is 0 Å². The summed E-state index contributed by atoms with van der Waals surface area (Å²) in [6, 6.07) is 28.1. The molecule has 3 aromatic carbocycles. The fraction of sp³-hybridized carbons (Fsp3) is 0.138. The molecular formula is C29H24N4O2. The number of hydrogen-bond acceptors (Lipinski definition) is 4. The lowest BCUT2D eigenvalue weighted by atomic mass is 9.83. The van der Waals surface area contributed by atoms with Gasteiger partial charge in [0.25, 0.3) is 11.8 Å². The van der Waals surface area contributed by atoms with E-state index in [1.807, 2.05) is 42.3 Å². The molecule has 0 saturated carbocycles. The molecule has 0 atom stereocenters. The molecule has 5 rings (SSSR count). The van der Waals surface area contributed by atoms with Gasteiger partial charge < -0.3 is 4.90 Å². The molecule has 172 valence electrons. The van der Waals surface area contributed by atoms with Crippen LogP contribution in [0.2, 0.25) is 0 Å². The smallest absolute Gasteiger partial charge is 0.284 e. The molecule has 2 heterocycles. The summed E-state index contributed by atoms with van der Waals surface area (Å²) in [7, 11) is 1.93. The highest BCUT2D eigenvalue weighted by Gasteiger charge is 2.45. The maximum atomic E-state index is 13.7. The fourth-order valence-electron chi connectivity index (χ4n) is 4.88. The highest BCUT2D eigenvalue weighted by atomic mass is 16.2. The molecule has 0 spiro atoms. The molecule has 0 radical (unpaired) electrons. The Bertz CT molecular complexity index is 1370. The quantitative estimate of drug-likeness (QED) is 0.309. The van der Waals surface area contributed by atoms with Crippen LogP contribution < -0.4 is 14.9 Å². The van der Waals surface area contributed by atoms with E-state index in [1.165, 1.54) is 10.0 Å². The maximum absolute atomic E-state index is 13.7. The van der Waals surface area contributed by atoms with Crippen molar-refractivity contribution in [3.05, 3.63) is 113 Å². The number of nitrogens with zero attached hydrogens (tertiary/aromatic N) is 4. The number of fused-ring (bicyclic) bond motifs is 1. The van der Waals surface area contributed by atoms with Crippen molar-refractivity contribution in [1.82, 2.24) is 0 Å². The molecule has 1 saturated heterocycles. The second-order valence-electron chi connectivity index (χ2n) is 9.04. The van der Waals surface area contributed by atoms with Crippen LogP contribution in [0.5, 0.6) is 0 Å². The third kappa shape index (κ3) is 3.41. The number of carbonyl (C=O) groups is 2. The van der Waals surface area contributed by atoms with Crippen molar-refractivity contribution in [2.75, 3.05) is 22.0 Å². The topological polar surface area (TPSA) is 67.7 Å². The minimum absolute atomic E-state index is 0.0436. The zero-order valence-corrected chi connectivity index (χ0v) is 19.8. The predicted octanol–water partition coefficient (Wildman–Crippen LogP) is 5.11. The second kappa shape index (κ2) is 8.30. The highest BCUT2D eigenvalue weighted by Crippen LogP contribution is 2.47. The summed E-state index contributed by atoms with van der Waals surface area (Å²) in [4.78, 5) is 29.5. The van der Waals surface area contributed by atoms with E-state index in [0.29, 0.717) is 11.4 Å². The standard InChI is InChI=1S/C29H24N4O2/c1-29(2)23-16-10-11-17-24(23)31(3)25(29)18-20(19-30)26-27(34)32(21-12-6-4-7-13-21)33(28(26)35)22-14-8-5-9-15-22/h4-18H,1-3H3/b25-18-. The van der Waals surface area contributed by atoms with Crippen LogP contribution in [0.25, 0.3) is 0 Å². The number of benzene rings is 3. The Morgan fingerprint density at radius 1 is 0.800 bits per heavy atom. The van der Waals surface area contributed by atoms with E-state index in [9.17, 15) is 14.9 Å². The summed E-state index contributed by atoms with van der Waals surface area (Å²) in [6.07, 6.45) is 1.68. The predicted molar refractivity (Wildman–Crippen MR) is 136 cm³/mol. The first-order valence-corrected chi connectivity index (χ1v) is 11.3. The van der Waals surface area contributed by atoms with Gasteiger partial charge in [-0.3, -0.25) is 9.59 Å². The number of likely N-dealkylation sites (N-methyl/N-ethyl adjacent to an activating group) is 1. The van der Waals surface area contributed by atoms with Gasteiger partial charge in [-0.05, 0) is 42.0 Å². The van der Waals surface area contributed by atoms with Gasteiger partial charge in [0.2, 0.25) is 0 Å². The Balaban J connectivity index is 1.69. The first-order chi connectivity index (χ1) is 16.9. The molecule has 6 heteroatoms. The molecule has 0 bridgehead atoms. The largest absolute Gasteiger partial charge is 0.347 e. The van der Waals surface area contributed by atoms with Crippen LogP contribution >= 0.6 is 0 Å².